The summed E-state index contributed by atoms with van der Waals surface area (Å²) >= 11 is 0. The summed E-state index contributed by atoms with van der Waals surface area (Å²) in [5.41, 5.74) is 0. The molecule has 3 saturated heterocycles. The van der Waals surface area contributed by atoms with Gasteiger partial charge in [0.05, 0.1) is 6.54 Å². The minimum absolute atomic E-state index is 0.145. The van der Waals surface area contributed by atoms with Crippen molar-refractivity contribution in [1.29, 1.82) is 0 Å². The number of hydrogen-bond donors (Lipinski definition) is 2. The molecule has 24 heavy (non-hydrogen) atoms. The van der Waals surface area contributed by atoms with Crippen molar-refractivity contribution in [2.45, 2.75) is 70.0 Å². The van der Waals surface area contributed by atoms with Crippen molar-refractivity contribution < 1.29 is 33.3 Å². The topological polar surface area (TPSA) is 104 Å². The second kappa shape index (κ2) is 5.92. The highest BCUT2D eigenvalue weighted by Gasteiger charge is 2.62. The third-order valence-corrected chi connectivity index (χ3v) is 4.12. The quantitative estimate of drug-likeness (QED) is 0.694. The minimum atomic E-state index is -0.958. The lowest BCUT2D eigenvalue weighted by Crippen LogP contribution is -2.60. The molecule has 0 bridgehead atoms. The summed E-state index contributed by atoms with van der Waals surface area (Å²) in [6.07, 6.45) is -3.34. The summed E-state index contributed by atoms with van der Waals surface area (Å²) < 4.78 is 29.1. The van der Waals surface area contributed by atoms with E-state index in [1.165, 1.54) is 7.05 Å². The van der Waals surface area contributed by atoms with Gasteiger partial charge in [-0.25, -0.2) is 0 Å². The first-order valence-electron chi connectivity index (χ1n) is 7.97. The van der Waals surface area contributed by atoms with Gasteiger partial charge in [-0.1, -0.05) is 0 Å². The molecule has 3 aliphatic heterocycles. The van der Waals surface area contributed by atoms with Crippen LogP contribution < -0.4 is 10.6 Å². The monoisotopic (exact) mass is 344 g/mol. The number of nitrogens with one attached hydrogen (secondary N) is 2. The molecule has 0 aliphatic carbocycles. The molecule has 136 valence electrons. The van der Waals surface area contributed by atoms with Crippen LogP contribution in [0.15, 0.2) is 0 Å². The third-order valence-electron chi connectivity index (χ3n) is 4.12. The summed E-state index contributed by atoms with van der Waals surface area (Å²) in [4.78, 5) is 23.8. The van der Waals surface area contributed by atoms with E-state index in [0.717, 1.165) is 0 Å². The van der Waals surface area contributed by atoms with Crippen LogP contribution in [0.2, 0.25) is 0 Å². The van der Waals surface area contributed by atoms with E-state index >= 15 is 0 Å². The molecule has 0 aromatic carbocycles. The third kappa shape index (κ3) is 3.27. The number of carbonyl (C=O) groups is 2. The summed E-state index contributed by atoms with van der Waals surface area (Å²) in [5, 5.41) is 4.97. The Hall–Kier alpha value is -1.26. The van der Waals surface area contributed by atoms with Crippen LogP contribution in [-0.2, 0) is 33.3 Å². The highest BCUT2D eigenvalue weighted by atomic mass is 16.9. The summed E-state index contributed by atoms with van der Waals surface area (Å²) in [7, 11) is 1.49. The number of hydrogen-bond acceptors (Lipinski definition) is 7. The Kier molecular flexibility index (Phi) is 4.33. The van der Waals surface area contributed by atoms with Gasteiger partial charge in [-0.3, -0.25) is 9.59 Å². The maximum Gasteiger partial charge on any atom is 0.252 e. The van der Waals surface area contributed by atoms with Gasteiger partial charge < -0.3 is 34.3 Å². The Labute approximate surface area is 140 Å². The first kappa shape index (κ1) is 17.6. The smallest absolute Gasteiger partial charge is 0.252 e. The average Bonchev–Trinajstić information content (AvgIpc) is 2.97. The Morgan fingerprint density at radius 3 is 2.17 bits per heavy atom. The fourth-order valence-electron chi connectivity index (χ4n) is 3.18. The van der Waals surface area contributed by atoms with E-state index < -0.39 is 48.2 Å². The van der Waals surface area contributed by atoms with Crippen molar-refractivity contribution in [3.63, 3.8) is 0 Å². The largest absolute Gasteiger partial charge is 0.358 e. The highest BCUT2D eigenvalue weighted by Crippen LogP contribution is 2.44. The predicted molar refractivity (Wildman–Crippen MR) is 79.6 cm³/mol. The number of amides is 2. The molecule has 3 heterocycles. The summed E-state index contributed by atoms with van der Waals surface area (Å²) in [6.45, 7) is 6.92. The van der Waals surface area contributed by atoms with Crippen molar-refractivity contribution in [1.82, 2.24) is 10.6 Å². The Balaban J connectivity index is 1.77. The van der Waals surface area contributed by atoms with E-state index in [9.17, 15) is 9.59 Å². The average molecular weight is 344 g/mol. The molecule has 9 heteroatoms. The molecule has 0 aromatic heterocycles. The summed E-state index contributed by atoms with van der Waals surface area (Å²) in [5.74, 6) is -2.48. The van der Waals surface area contributed by atoms with Gasteiger partial charge in [-0.15, -0.1) is 0 Å². The van der Waals surface area contributed by atoms with Gasteiger partial charge in [0, 0.05) is 7.05 Å². The second-order valence-electron chi connectivity index (χ2n) is 6.98. The van der Waals surface area contributed by atoms with E-state index in [1.54, 1.807) is 27.7 Å². The van der Waals surface area contributed by atoms with Crippen LogP contribution in [0.4, 0.5) is 0 Å². The number of ether oxygens (including phenoxy) is 5. The molecular formula is C15H24N2O7. The predicted octanol–water partition coefficient (Wildman–Crippen LogP) is -0.755. The SMILES string of the molecule is CNC(=O)CNC(=O)[C@@H]1O[C@@H]2OC(C)(C)O[C@@H]2[C@H]2OC(C)(C)O[C@@H]21. The summed E-state index contributed by atoms with van der Waals surface area (Å²) in [6, 6.07) is 0. The van der Waals surface area contributed by atoms with Crippen LogP contribution >= 0.6 is 0 Å². The molecule has 0 spiro atoms. The fraction of sp³-hybridized carbons (Fsp3) is 0.867. The zero-order valence-corrected chi connectivity index (χ0v) is 14.5. The van der Waals surface area contributed by atoms with Crippen LogP contribution in [0.25, 0.3) is 0 Å². The van der Waals surface area contributed by atoms with E-state index in [-0.39, 0.29) is 12.5 Å². The number of fused-ring (bicyclic) bond motifs is 3. The highest BCUT2D eigenvalue weighted by molar-refractivity contribution is 5.87. The first-order valence-corrected chi connectivity index (χ1v) is 7.97. The van der Waals surface area contributed by atoms with Crippen LogP contribution in [0.5, 0.6) is 0 Å². The Morgan fingerprint density at radius 1 is 0.917 bits per heavy atom. The van der Waals surface area contributed by atoms with Crippen LogP contribution in [0.1, 0.15) is 27.7 Å². The van der Waals surface area contributed by atoms with Crippen LogP contribution in [-0.4, -0.2) is 67.7 Å². The van der Waals surface area contributed by atoms with Gasteiger partial charge in [-0.2, -0.15) is 0 Å². The maximum absolute atomic E-state index is 12.5. The molecule has 0 saturated carbocycles. The fourth-order valence-corrected chi connectivity index (χ4v) is 3.18. The van der Waals surface area contributed by atoms with Gasteiger partial charge in [0.15, 0.2) is 24.0 Å². The molecule has 0 unspecified atom stereocenters. The normalized spacial score (nSPS) is 39.0. The molecule has 5 atom stereocenters. The van der Waals surface area contributed by atoms with Crippen LogP contribution in [0.3, 0.4) is 0 Å². The molecule has 3 rings (SSSR count). The van der Waals surface area contributed by atoms with Crippen molar-refractivity contribution in [2.75, 3.05) is 13.6 Å². The molecule has 0 radical (unpaired) electrons. The van der Waals surface area contributed by atoms with Crippen molar-refractivity contribution >= 4 is 11.8 Å². The molecule has 9 nitrogen and oxygen atoms in total. The minimum Gasteiger partial charge on any atom is -0.358 e. The standard InChI is InChI=1S/C15H24N2O7/c1-14(2)21-8-9(22-14)11-13(24-15(3,4)23-11)20-10(8)12(19)17-6-7(18)16-5/h8-11,13H,6H2,1-5H3,(H,16,18)(H,17,19)/t8-,9-,10+,11+,13+/m0/s1. The Morgan fingerprint density at radius 2 is 1.50 bits per heavy atom. The van der Waals surface area contributed by atoms with Gasteiger partial charge in [-0.05, 0) is 27.7 Å². The van der Waals surface area contributed by atoms with Gasteiger partial charge in [0.25, 0.3) is 5.91 Å². The van der Waals surface area contributed by atoms with Crippen molar-refractivity contribution in [2.24, 2.45) is 0 Å². The zero-order chi connectivity index (χ0) is 17.7. The van der Waals surface area contributed by atoms with Gasteiger partial charge >= 0.3 is 0 Å². The molecule has 3 fully saturated rings. The lowest BCUT2D eigenvalue weighted by molar-refractivity contribution is -0.231. The second-order valence-corrected chi connectivity index (χ2v) is 6.98. The molecule has 3 aliphatic rings. The van der Waals surface area contributed by atoms with Crippen molar-refractivity contribution in [3.05, 3.63) is 0 Å². The van der Waals surface area contributed by atoms with E-state index in [2.05, 4.69) is 10.6 Å². The number of carbonyl (C=O) groups excluding carboxylic acids is 2. The van der Waals surface area contributed by atoms with Gasteiger partial charge in [0.1, 0.15) is 18.3 Å². The van der Waals surface area contributed by atoms with E-state index in [1.807, 2.05) is 0 Å². The molecule has 2 N–H and O–H groups in total. The zero-order valence-electron chi connectivity index (χ0n) is 14.5. The molecular weight excluding hydrogens is 320 g/mol. The lowest BCUT2D eigenvalue weighted by Gasteiger charge is -2.36. The van der Waals surface area contributed by atoms with Crippen LogP contribution in [0, 0.1) is 0 Å². The molecule has 2 amide bonds. The van der Waals surface area contributed by atoms with E-state index in [0.29, 0.717) is 0 Å². The number of rotatable bonds is 3. The lowest BCUT2D eigenvalue weighted by atomic mass is 9.98. The Bertz CT molecular complexity index is 536. The first-order chi connectivity index (χ1) is 11.1. The van der Waals surface area contributed by atoms with Gasteiger partial charge in [0.2, 0.25) is 5.91 Å². The van der Waals surface area contributed by atoms with E-state index in [4.69, 9.17) is 23.7 Å². The maximum atomic E-state index is 12.5. The van der Waals surface area contributed by atoms with Crippen molar-refractivity contribution in [3.8, 4) is 0 Å². The number of likely N-dealkylation sites (N-methyl/N-ethyl adjacent to an activating group) is 1. The molecule has 0 aromatic rings.